The van der Waals surface area contributed by atoms with Crippen molar-refractivity contribution < 1.29 is 23.0 Å². The molecule has 0 bridgehead atoms. The second-order valence-electron chi connectivity index (χ2n) is 3.91. The van der Waals surface area contributed by atoms with Crippen LogP contribution in [0.4, 0.5) is 13.2 Å². The van der Waals surface area contributed by atoms with E-state index in [4.69, 9.17) is 9.84 Å². The Hall–Kier alpha value is -0.290. The van der Waals surface area contributed by atoms with Crippen molar-refractivity contribution in [2.45, 2.75) is 44.6 Å². The van der Waals surface area contributed by atoms with Crippen molar-refractivity contribution >= 4 is 0 Å². The average molecular weight is 200 g/mol. The van der Waals surface area contributed by atoms with Crippen LogP contribution in [0.25, 0.3) is 0 Å². The molecule has 0 spiro atoms. The third kappa shape index (κ3) is 3.52. The number of aliphatic hydroxyl groups is 1. The van der Waals surface area contributed by atoms with Crippen LogP contribution in [0.1, 0.15) is 27.2 Å². The Bertz CT molecular complexity index is 173. The molecule has 1 atom stereocenters. The minimum absolute atomic E-state index is 0.486. The maximum Gasteiger partial charge on any atom is 0.417 e. The number of halogens is 3. The monoisotopic (exact) mass is 200 g/mol. The lowest BCUT2D eigenvalue weighted by Gasteiger charge is -2.34. The highest BCUT2D eigenvalue weighted by Crippen LogP contribution is 2.36. The van der Waals surface area contributed by atoms with Gasteiger partial charge in [0.2, 0.25) is 0 Å². The van der Waals surface area contributed by atoms with E-state index >= 15 is 0 Å². The maximum atomic E-state index is 12.2. The van der Waals surface area contributed by atoms with Crippen LogP contribution < -0.4 is 0 Å². The van der Waals surface area contributed by atoms with E-state index in [1.165, 1.54) is 21.0 Å². The van der Waals surface area contributed by atoms with Gasteiger partial charge in [0, 0.05) is 13.5 Å². The van der Waals surface area contributed by atoms with Crippen LogP contribution in [0, 0.1) is 0 Å². The first-order chi connectivity index (χ1) is 5.52. The molecule has 1 N–H and O–H groups in total. The summed E-state index contributed by atoms with van der Waals surface area (Å²) in [5.41, 5.74) is -3.69. The number of rotatable bonds is 3. The molecule has 0 aromatic carbocycles. The summed E-state index contributed by atoms with van der Waals surface area (Å²) in [5, 5.41) is 9.11. The lowest BCUT2D eigenvalue weighted by molar-refractivity contribution is -0.267. The number of methoxy groups -OCH3 is 1. The van der Waals surface area contributed by atoms with Gasteiger partial charge in [-0.1, -0.05) is 0 Å². The number of hydrogen-bond acceptors (Lipinski definition) is 2. The lowest BCUT2D eigenvalue weighted by atomic mass is 9.90. The molecule has 0 aliphatic rings. The van der Waals surface area contributed by atoms with Gasteiger partial charge in [-0.05, 0) is 20.8 Å². The van der Waals surface area contributed by atoms with Gasteiger partial charge in [0.25, 0.3) is 0 Å². The van der Waals surface area contributed by atoms with Gasteiger partial charge in [-0.15, -0.1) is 0 Å². The van der Waals surface area contributed by atoms with Crippen LogP contribution >= 0.6 is 0 Å². The Kier molecular flexibility index (Phi) is 3.38. The third-order valence-corrected chi connectivity index (χ3v) is 1.93. The topological polar surface area (TPSA) is 29.5 Å². The van der Waals surface area contributed by atoms with Crippen molar-refractivity contribution in [1.82, 2.24) is 0 Å². The molecule has 0 aliphatic heterocycles. The summed E-state index contributed by atoms with van der Waals surface area (Å²) in [6, 6.07) is 0. The van der Waals surface area contributed by atoms with Crippen molar-refractivity contribution in [3.63, 3.8) is 0 Å². The van der Waals surface area contributed by atoms with E-state index in [1.54, 1.807) is 0 Å². The summed E-state index contributed by atoms with van der Waals surface area (Å²) in [7, 11) is 1.31. The molecule has 0 aromatic rings. The highest BCUT2D eigenvalue weighted by atomic mass is 19.4. The molecule has 0 aromatic heterocycles. The van der Waals surface area contributed by atoms with E-state index < -0.39 is 23.8 Å². The molecule has 0 radical (unpaired) electrons. The molecular formula is C8H15F3O2. The normalized spacial score (nSPS) is 18.5. The Morgan fingerprint density at radius 1 is 1.15 bits per heavy atom. The lowest BCUT2D eigenvalue weighted by Crippen LogP contribution is -2.47. The van der Waals surface area contributed by atoms with E-state index in [2.05, 4.69) is 0 Å². The quantitative estimate of drug-likeness (QED) is 0.756. The number of alkyl halides is 3. The molecule has 2 nitrogen and oxygen atoms in total. The Balaban J connectivity index is 4.52. The highest BCUT2D eigenvalue weighted by Gasteiger charge is 2.52. The van der Waals surface area contributed by atoms with E-state index in [-0.39, 0.29) is 0 Å². The van der Waals surface area contributed by atoms with Crippen molar-refractivity contribution in [3.8, 4) is 0 Å². The minimum Gasteiger partial charge on any atom is -0.381 e. The van der Waals surface area contributed by atoms with Gasteiger partial charge in [-0.2, -0.15) is 13.2 Å². The molecular weight excluding hydrogens is 185 g/mol. The first kappa shape index (κ1) is 12.7. The van der Waals surface area contributed by atoms with E-state index in [9.17, 15) is 13.2 Å². The van der Waals surface area contributed by atoms with Gasteiger partial charge in [0.05, 0.1) is 5.60 Å². The molecule has 0 saturated carbocycles. The first-order valence-electron chi connectivity index (χ1n) is 3.86. The largest absolute Gasteiger partial charge is 0.417 e. The van der Waals surface area contributed by atoms with Crippen LogP contribution in [0.15, 0.2) is 0 Å². The van der Waals surface area contributed by atoms with Gasteiger partial charge in [0.1, 0.15) is 0 Å². The molecule has 0 aliphatic carbocycles. The molecule has 80 valence electrons. The van der Waals surface area contributed by atoms with Crippen molar-refractivity contribution in [1.29, 1.82) is 0 Å². The molecule has 13 heavy (non-hydrogen) atoms. The van der Waals surface area contributed by atoms with Gasteiger partial charge in [-0.3, -0.25) is 0 Å². The molecule has 0 rings (SSSR count). The summed E-state index contributed by atoms with van der Waals surface area (Å²) in [6.45, 7) is 3.73. The molecule has 1 unspecified atom stereocenters. The zero-order valence-corrected chi connectivity index (χ0v) is 8.20. The number of ether oxygens (including phenoxy) is 1. The van der Waals surface area contributed by atoms with Crippen molar-refractivity contribution in [3.05, 3.63) is 0 Å². The van der Waals surface area contributed by atoms with Gasteiger partial charge < -0.3 is 9.84 Å². The van der Waals surface area contributed by atoms with E-state index in [1.807, 2.05) is 0 Å². The molecule has 0 saturated heterocycles. The molecule has 5 heteroatoms. The van der Waals surface area contributed by atoms with E-state index in [0.717, 1.165) is 6.92 Å². The van der Waals surface area contributed by atoms with Gasteiger partial charge in [-0.25, -0.2) is 0 Å². The smallest absolute Gasteiger partial charge is 0.381 e. The molecule has 0 heterocycles. The zero-order chi connectivity index (χ0) is 10.9. The SMILES string of the molecule is COC(C)(C)CC(C)(O)C(F)(F)F. The Morgan fingerprint density at radius 3 is 1.77 bits per heavy atom. The van der Waals surface area contributed by atoms with Gasteiger partial charge >= 0.3 is 6.18 Å². The van der Waals surface area contributed by atoms with Crippen LogP contribution in [-0.4, -0.2) is 29.6 Å². The van der Waals surface area contributed by atoms with Crippen LogP contribution in [0.2, 0.25) is 0 Å². The van der Waals surface area contributed by atoms with Crippen molar-refractivity contribution in [2.24, 2.45) is 0 Å². The average Bonchev–Trinajstić information content (AvgIpc) is 1.83. The third-order valence-electron chi connectivity index (χ3n) is 1.93. The Labute approximate surface area is 75.7 Å². The summed E-state index contributed by atoms with van der Waals surface area (Å²) in [4.78, 5) is 0. The predicted molar refractivity (Wildman–Crippen MR) is 42.4 cm³/mol. The zero-order valence-electron chi connectivity index (χ0n) is 8.20. The van der Waals surface area contributed by atoms with Crippen molar-refractivity contribution in [2.75, 3.05) is 7.11 Å². The van der Waals surface area contributed by atoms with Crippen LogP contribution in [-0.2, 0) is 4.74 Å². The fourth-order valence-corrected chi connectivity index (χ4v) is 1.00. The van der Waals surface area contributed by atoms with Crippen LogP contribution in [0.3, 0.4) is 0 Å². The fraction of sp³-hybridized carbons (Fsp3) is 1.00. The van der Waals surface area contributed by atoms with Crippen LogP contribution in [0.5, 0.6) is 0 Å². The second kappa shape index (κ2) is 3.46. The number of hydrogen-bond donors (Lipinski definition) is 1. The minimum atomic E-state index is -4.62. The standard InChI is InChI=1S/C8H15F3O2/c1-6(2,13-4)5-7(3,12)8(9,10)11/h12H,5H2,1-4H3. The van der Waals surface area contributed by atoms with E-state index in [0.29, 0.717) is 0 Å². The predicted octanol–water partition coefficient (Wildman–Crippen LogP) is 2.11. The molecule has 0 fully saturated rings. The first-order valence-corrected chi connectivity index (χ1v) is 3.86. The summed E-state index contributed by atoms with van der Waals surface area (Å²) in [6.07, 6.45) is -5.11. The second-order valence-corrected chi connectivity index (χ2v) is 3.91. The summed E-state index contributed by atoms with van der Waals surface area (Å²) < 4.78 is 41.4. The summed E-state index contributed by atoms with van der Waals surface area (Å²) in [5.74, 6) is 0. The molecule has 0 amide bonds. The Morgan fingerprint density at radius 2 is 1.54 bits per heavy atom. The highest BCUT2D eigenvalue weighted by molar-refractivity contribution is 4.88. The maximum absolute atomic E-state index is 12.2. The van der Waals surface area contributed by atoms with Gasteiger partial charge in [0.15, 0.2) is 5.60 Å². The fourth-order valence-electron chi connectivity index (χ4n) is 1.00. The summed E-state index contributed by atoms with van der Waals surface area (Å²) >= 11 is 0.